The average Bonchev–Trinajstić information content (AvgIpc) is 3.37. The largest absolute Gasteiger partial charge is 0.462 e. The molecule has 0 rings (SSSR count). The third-order valence-electron chi connectivity index (χ3n) is 14.8. The Morgan fingerprint density at radius 3 is 0.718 bits per heavy atom. The van der Waals surface area contributed by atoms with E-state index in [-0.39, 0.29) is 31.1 Å². The van der Waals surface area contributed by atoms with Crippen LogP contribution in [0.1, 0.15) is 367 Å². The lowest BCUT2D eigenvalue weighted by Gasteiger charge is -2.18. The maximum absolute atomic E-state index is 12.9. The van der Waals surface area contributed by atoms with Gasteiger partial charge in [-0.2, -0.15) is 0 Å². The SMILES string of the molecule is CCCCCC/C=C\CCCCCCCC(=O)OC[C@H](COC(=O)CCCCCCCCCCCCCCCCCCCCC)OC(=O)CCCCCCCCCCCCCCCCCCCCCCC. The fraction of sp³-hybridized carbons (Fsp3) is 0.923. The van der Waals surface area contributed by atoms with Crippen LogP contribution in [0.2, 0.25) is 0 Å². The molecule has 0 heterocycles. The second kappa shape index (κ2) is 60.7. The minimum atomic E-state index is -0.768. The van der Waals surface area contributed by atoms with E-state index < -0.39 is 6.10 Å². The highest BCUT2D eigenvalue weighted by Gasteiger charge is 2.19. The minimum Gasteiger partial charge on any atom is -0.462 e. The number of carbonyl (C=O) groups is 3. The van der Waals surface area contributed by atoms with Crippen LogP contribution in [0.3, 0.4) is 0 Å². The van der Waals surface area contributed by atoms with Gasteiger partial charge in [0.05, 0.1) is 0 Å². The van der Waals surface area contributed by atoms with Gasteiger partial charge in [0.1, 0.15) is 13.2 Å². The molecule has 0 aromatic rings. The zero-order chi connectivity index (χ0) is 51.4. The van der Waals surface area contributed by atoms with Gasteiger partial charge in [-0.05, 0) is 44.9 Å². The van der Waals surface area contributed by atoms with Gasteiger partial charge in [-0.15, -0.1) is 0 Å². The Labute approximate surface area is 443 Å². The molecule has 1 atom stereocenters. The zero-order valence-electron chi connectivity index (χ0n) is 48.3. The molecular weight excluding hydrogens is 877 g/mol. The predicted octanol–water partition coefficient (Wildman–Crippen LogP) is 21.7. The predicted molar refractivity (Wildman–Crippen MR) is 307 cm³/mol. The van der Waals surface area contributed by atoms with Crippen LogP contribution in [0.15, 0.2) is 12.2 Å². The monoisotopic (exact) mass is 1000 g/mol. The van der Waals surface area contributed by atoms with E-state index in [2.05, 4.69) is 32.9 Å². The van der Waals surface area contributed by atoms with E-state index in [1.165, 1.54) is 263 Å². The van der Waals surface area contributed by atoms with E-state index >= 15 is 0 Å². The molecule has 420 valence electrons. The molecule has 0 aromatic carbocycles. The number of allylic oxidation sites excluding steroid dienone is 2. The summed E-state index contributed by atoms with van der Waals surface area (Å²) >= 11 is 0. The topological polar surface area (TPSA) is 78.9 Å². The normalized spacial score (nSPS) is 12.0. The second-order valence-corrected chi connectivity index (χ2v) is 22.0. The third kappa shape index (κ3) is 58.9. The molecule has 0 unspecified atom stereocenters. The van der Waals surface area contributed by atoms with Crippen LogP contribution < -0.4 is 0 Å². The molecule has 0 bridgehead atoms. The van der Waals surface area contributed by atoms with Crippen LogP contribution in [0.4, 0.5) is 0 Å². The summed E-state index contributed by atoms with van der Waals surface area (Å²) in [7, 11) is 0. The van der Waals surface area contributed by atoms with Gasteiger partial charge in [-0.25, -0.2) is 0 Å². The number of rotatable bonds is 60. The van der Waals surface area contributed by atoms with Crippen molar-refractivity contribution in [2.75, 3.05) is 13.2 Å². The molecule has 0 N–H and O–H groups in total. The Morgan fingerprint density at radius 2 is 0.465 bits per heavy atom. The molecule has 0 aliphatic heterocycles. The van der Waals surface area contributed by atoms with Crippen LogP contribution in [0.25, 0.3) is 0 Å². The molecule has 0 amide bonds. The van der Waals surface area contributed by atoms with Gasteiger partial charge in [0.15, 0.2) is 6.10 Å². The van der Waals surface area contributed by atoms with E-state index in [1.807, 2.05) is 0 Å². The molecule has 0 spiro atoms. The number of unbranched alkanes of at least 4 members (excludes halogenated alkanes) is 47. The van der Waals surface area contributed by atoms with Gasteiger partial charge >= 0.3 is 17.9 Å². The number of hydrogen-bond acceptors (Lipinski definition) is 6. The van der Waals surface area contributed by atoms with Gasteiger partial charge in [-0.3, -0.25) is 14.4 Å². The third-order valence-corrected chi connectivity index (χ3v) is 14.8. The fourth-order valence-corrected chi connectivity index (χ4v) is 9.91. The van der Waals surface area contributed by atoms with Crippen LogP contribution in [-0.2, 0) is 28.6 Å². The maximum atomic E-state index is 12.9. The van der Waals surface area contributed by atoms with Crippen molar-refractivity contribution in [2.24, 2.45) is 0 Å². The summed E-state index contributed by atoms with van der Waals surface area (Å²) < 4.78 is 16.9. The standard InChI is InChI=1S/C65H124O6/c1-4-7-10-13-16-19-22-25-27-29-31-32-34-36-38-41-44-47-50-53-56-59-65(68)71-62(60-69-63(66)57-54-51-48-45-42-39-24-21-18-15-12-9-6-3)61-70-64(67)58-55-52-49-46-43-40-37-35-33-30-28-26-23-20-17-14-11-8-5-2/h21,24,62H,4-20,22-23,25-61H2,1-3H3/b24-21-/t62-/m1/s1. The first-order valence-electron chi connectivity index (χ1n) is 32.2. The molecule has 6 nitrogen and oxygen atoms in total. The van der Waals surface area contributed by atoms with Gasteiger partial charge in [0.25, 0.3) is 0 Å². The van der Waals surface area contributed by atoms with Crippen molar-refractivity contribution in [3.63, 3.8) is 0 Å². The highest BCUT2D eigenvalue weighted by molar-refractivity contribution is 5.71. The van der Waals surface area contributed by atoms with E-state index in [1.54, 1.807) is 0 Å². The highest BCUT2D eigenvalue weighted by Crippen LogP contribution is 2.18. The minimum absolute atomic E-state index is 0.0660. The maximum Gasteiger partial charge on any atom is 0.306 e. The molecule has 0 fully saturated rings. The van der Waals surface area contributed by atoms with Crippen LogP contribution in [-0.4, -0.2) is 37.2 Å². The van der Waals surface area contributed by atoms with Crippen LogP contribution in [0.5, 0.6) is 0 Å². The van der Waals surface area contributed by atoms with Crippen molar-refractivity contribution >= 4 is 17.9 Å². The van der Waals surface area contributed by atoms with Gasteiger partial charge in [0, 0.05) is 19.3 Å². The molecule has 0 radical (unpaired) electrons. The van der Waals surface area contributed by atoms with Gasteiger partial charge in [0.2, 0.25) is 0 Å². The van der Waals surface area contributed by atoms with E-state index in [4.69, 9.17) is 14.2 Å². The Bertz CT molecular complexity index is 1100. The number of carbonyl (C=O) groups excluding carboxylic acids is 3. The summed E-state index contributed by atoms with van der Waals surface area (Å²) in [5.74, 6) is -0.844. The molecule has 0 aromatic heterocycles. The number of esters is 3. The summed E-state index contributed by atoms with van der Waals surface area (Å²) in [6.07, 6.45) is 70.8. The summed E-state index contributed by atoms with van der Waals surface area (Å²) in [6.45, 7) is 6.70. The van der Waals surface area contributed by atoms with Crippen LogP contribution >= 0.6 is 0 Å². The van der Waals surface area contributed by atoms with Gasteiger partial charge < -0.3 is 14.2 Å². The number of ether oxygens (including phenoxy) is 3. The molecule has 6 heteroatoms. The lowest BCUT2D eigenvalue weighted by molar-refractivity contribution is -0.167. The molecule has 0 aliphatic rings. The van der Waals surface area contributed by atoms with E-state index in [0.29, 0.717) is 19.3 Å². The Morgan fingerprint density at radius 1 is 0.268 bits per heavy atom. The van der Waals surface area contributed by atoms with E-state index in [0.717, 1.165) is 64.2 Å². The van der Waals surface area contributed by atoms with Crippen molar-refractivity contribution in [3.05, 3.63) is 12.2 Å². The second-order valence-electron chi connectivity index (χ2n) is 22.0. The van der Waals surface area contributed by atoms with Gasteiger partial charge in [-0.1, -0.05) is 315 Å². The Hall–Kier alpha value is -1.85. The lowest BCUT2D eigenvalue weighted by atomic mass is 10.0. The smallest absolute Gasteiger partial charge is 0.306 e. The van der Waals surface area contributed by atoms with Crippen molar-refractivity contribution in [1.82, 2.24) is 0 Å². The summed E-state index contributed by atoms with van der Waals surface area (Å²) in [5, 5.41) is 0. The molecule has 0 aliphatic carbocycles. The molecule has 71 heavy (non-hydrogen) atoms. The Kier molecular flexibility index (Phi) is 59.1. The Balaban J connectivity index is 4.26. The number of hydrogen-bond donors (Lipinski definition) is 0. The fourth-order valence-electron chi connectivity index (χ4n) is 9.91. The zero-order valence-corrected chi connectivity index (χ0v) is 48.3. The van der Waals surface area contributed by atoms with Crippen molar-refractivity contribution < 1.29 is 28.6 Å². The molecule has 0 saturated heterocycles. The quantitative estimate of drug-likeness (QED) is 0.0261. The highest BCUT2D eigenvalue weighted by atomic mass is 16.6. The first kappa shape index (κ1) is 69.2. The molecular formula is C65H124O6. The summed E-state index contributed by atoms with van der Waals surface area (Å²) in [6, 6.07) is 0. The molecule has 0 saturated carbocycles. The summed E-state index contributed by atoms with van der Waals surface area (Å²) in [4.78, 5) is 38.3. The summed E-state index contributed by atoms with van der Waals surface area (Å²) in [5.41, 5.74) is 0. The van der Waals surface area contributed by atoms with Crippen molar-refractivity contribution in [2.45, 2.75) is 374 Å². The van der Waals surface area contributed by atoms with E-state index in [9.17, 15) is 14.4 Å². The lowest BCUT2D eigenvalue weighted by Crippen LogP contribution is -2.30. The van der Waals surface area contributed by atoms with Crippen molar-refractivity contribution in [3.8, 4) is 0 Å². The average molecular weight is 1000 g/mol. The first-order valence-corrected chi connectivity index (χ1v) is 32.2. The van der Waals surface area contributed by atoms with Crippen LogP contribution in [0, 0.1) is 0 Å². The first-order chi connectivity index (χ1) is 35.0. The van der Waals surface area contributed by atoms with Crippen molar-refractivity contribution in [1.29, 1.82) is 0 Å².